The van der Waals surface area contributed by atoms with Crippen LogP contribution in [0.1, 0.15) is 27.2 Å². The fourth-order valence-corrected chi connectivity index (χ4v) is 1.87. The summed E-state index contributed by atoms with van der Waals surface area (Å²) in [6.07, 6.45) is 0.905. The molecule has 114 valence electrons. The first-order valence-corrected chi connectivity index (χ1v) is 7.06. The molecule has 1 aromatic heterocycles. The second kappa shape index (κ2) is 8.04. The minimum atomic E-state index is -0.427. The molecule has 1 N–H and O–H groups in total. The lowest BCUT2D eigenvalue weighted by Crippen LogP contribution is -2.28. The highest BCUT2D eigenvalue weighted by molar-refractivity contribution is 5.56. The van der Waals surface area contributed by atoms with Crippen molar-refractivity contribution in [2.24, 2.45) is 5.92 Å². The Kier molecular flexibility index (Phi) is 6.40. The van der Waals surface area contributed by atoms with Gasteiger partial charge in [-0.1, -0.05) is 6.92 Å². The fourth-order valence-electron chi connectivity index (χ4n) is 1.87. The van der Waals surface area contributed by atoms with E-state index in [4.69, 9.17) is 5.26 Å². The normalized spacial score (nSPS) is 11.5. The molecule has 7 heteroatoms. The average molecular weight is 291 g/mol. The predicted molar refractivity (Wildman–Crippen MR) is 82.3 cm³/mol. The van der Waals surface area contributed by atoms with E-state index in [1.165, 1.54) is 12.1 Å². The van der Waals surface area contributed by atoms with Gasteiger partial charge in [0.05, 0.1) is 29.0 Å². The summed E-state index contributed by atoms with van der Waals surface area (Å²) in [6, 6.07) is 5.05. The largest absolute Gasteiger partial charge is 0.370 e. The third-order valence-electron chi connectivity index (χ3n) is 2.98. The highest BCUT2D eigenvalue weighted by Gasteiger charge is 2.16. The third kappa shape index (κ3) is 4.91. The second-order valence-corrected chi connectivity index (χ2v) is 4.82. The highest BCUT2D eigenvalue weighted by Crippen LogP contribution is 2.24. The van der Waals surface area contributed by atoms with Gasteiger partial charge >= 0.3 is 0 Å². The fraction of sp³-hybridized carbons (Fsp3) is 0.571. The van der Waals surface area contributed by atoms with Gasteiger partial charge in [-0.25, -0.2) is 4.98 Å². The van der Waals surface area contributed by atoms with Crippen LogP contribution < -0.4 is 10.2 Å². The molecule has 1 heterocycles. The first-order valence-electron chi connectivity index (χ1n) is 7.06. The zero-order valence-electron chi connectivity index (χ0n) is 12.7. The molecule has 0 saturated heterocycles. The van der Waals surface area contributed by atoms with Crippen molar-refractivity contribution < 1.29 is 4.92 Å². The van der Waals surface area contributed by atoms with Crippen molar-refractivity contribution in [3.05, 3.63) is 22.2 Å². The van der Waals surface area contributed by atoms with Gasteiger partial charge in [-0.15, -0.1) is 0 Å². The van der Waals surface area contributed by atoms with E-state index < -0.39 is 4.92 Å². The molecule has 0 spiro atoms. The Bertz CT molecular complexity index is 527. The SMILES string of the molecule is CCCNc1cc([N+](=O)[O-])cc(N(CC)CC(C)C#N)n1. The zero-order valence-corrected chi connectivity index (χ0v) is 12.7. The van der Waals surface area contributed by atoms with Gasteiger partial charge in [-0.05, 0) is 20.3 Å². The lowest BCUT2D eigenvalue weighted by atomic mass is 10.2. The number of aromatic nitrogens is 1. The van der Waals surface area contributed by atoms with Crippen molar-refractivity contribution in [1.82, 2.24) is 4.98 Å². The lowest BCUT2D eigenvalue weighted by Gasteiger charge is -2.23. The van der Waals surface area contributed by atoms with Crippen LogP contribution in [0.2, 0.25) is 0 Å². The maximum atomic E-state index is 11.0. The summed E-state index contributed by atoms with van der Waals surface area (Å²) in [5, 5.41) is 23.0. The van der Waals surface area contributed by atoms with Gasteiger partial charge in [0.1, 0.15) is 11.6 Å². The summed E-state index contributed by atoms with van der Waals surface area (Å²) >= 11 is 0. The van der Waals surface area contributed by atoms with Crippen molar-refractivity contribution in [2.75, 3.05) is 29.9 Å². The van der Waals surface area contributed by atoms with E-state index in [2.05, 4.69) is 16.4 Å². The Morgan fingerprint density at radius 2 is 2.24 bits per heavy atom. The molecule has 0 radical (unpaired) electrons. The molecule has 0 aromatic carbocycles. The third-order valence-corrected chi connectivity index (χ3v) is 2.98. The Morgan fingerprint density at radius 3 is 2.76 bits per heavy atom. The number of pyridine rings is 1. The van der Waals surface area contributed by atoms with Crippen LogP contribution in [0, 0.1) is 27.4 Å². The second-order valence-electron chi connectivity index (χ2n) is 4.82. The molecule has 7 nitrogen and oxygen atoms in total. The number of rotatable bonds is 8. The van der Waals surface area contributed by atoms with Gasteiger partial charge in [0.2, 0.25) is 0 Å². The Hall–Kier alpha value is -2.36. The Balaban J connectivity index is 3.10. The van der Waals surface area contributed by atoms with E-state index in [9.17, 15) is 10.1 Å². The van der Waals surface area contributed by atoms with Crippen molar-refractivity contribution in [3.63, 3.8) is 0 Å². The van der Waals surface area contributed by atoms with E-state index >= 15 is 0 Å². The van der Waals surface area contributed by atoms with E-state index in [1.54, 1.807) is 0 Å². The summed E-state index contributed by atoms with van der Waals surface area (Å²) in [6.45, 7) is 7.59. The van der Waals surface area contributed by atoms with Gasteiger partial charge in [-0.2, -0.15) is 5.26 Å². The smallest absolute Gasteiger partial charge is 0.276 e. The Morgan fingerprint density at radius 1 is 1.52 bits per heavy atom. The number of nitrogens with one attached hydrogen (secondary N) is 1. The standard InChI is InChI=1S/C14H21N5O2/c1-4-6-16-13-7-12(19(20)21)8-14(17-13)18(5-2)10-11(3)9-15/h7-8,11H,4-6,10H2,1-3H3,(H,16,17). The number of nitriles is 1. The summed E-state index contributed by atoms with van der Waals surface area (Å²) in [4.78, 5) is 16.9. The first-order chi connectivity index (χ1) is 10.0. The first kappa shape index (κ1) is 16.7. The molecule has 0 fully saturated rings. The van der Waals surface area contributed by atoms with E-state index in [0.29, 0.717) is 31.3 Å². The number of nitrogens with zero attached hydrogens (tertiary/aromatic N) is 4. The van der Waals surface area contributed by atoms with Crippen LogP contribution in [0.25, 0.3) is 0 Å². The van der Waals surface area contributed by atoms with Crippen LogP contribution >= 0.6 is 0 Å². The number of anilines is 2. The molecule has 1 rings (SSSR count). The van der Waals surface area contributed by atoms with Crippen molar-refractivity contribution >= 4 is 17.3 Å². The van der Waals surface area contributed by atoms with E-state index in [1.807, 2.05) is 25.7 Å². The lowest BCUT2D eigenvalue weighted by molar-refractivity contribution is -0.384. The monoisotopic (exact) mass is 291 g/mol. The van der Waals surface area contributed by atoms with Gasteiger partial charge in [0.25, 0.3) is 5.69 Å². The topological polar surface area (TPSA) is 95.1 Å². The van der Waals surface area contributed by atoms with Crippen LogP contribution in [0.3, 0.4) is 0 Å². The van der Waals surface area contributed by atoms with Gasteiger partial charge in [0, 0.05) is 19.6 Å². The molecule has 0 aliphatic heterocycles. The maximum absolute atomic E-state index is 11.0. The maximum Gasteiger partial charge on any atom is 0.276 e. The summed E-state index contributed by atoms with van der Waals surface area (Å²) in [7, 11) is 0. The van der Waals surface area contributed by atoms with Gasteiger partial charge in [-0.3, -0.25) is 10.1 Å². The summed E-state index contributed by atoms with van der Waals surface area (Å²) in [5.41, 5.74) is 0.00154. The van der Waals surface area contributed by atoms with Gasteiger partial charge < -0.3 is 10.2 Å². The van der Waals surface area contributed by atoms with Crippen LogP contribution in [-0.2, 0) is 0 Å². The molecule has 0 amide bonds. The van der Waals surface area contributed by atoms with E-state index in [0.717, 1.165) is 6.42 Å². The molecule has 1 atom stereocenters. The van der Waals surface area contributed by atoms with Crippen LogP contribution in [-0.4, -0.2) is 29.5 Å². The summed E-state index contributed by atoms with van der Waals surface area (Å²) < 4.78 is 0. The average Bonchev–Trinajstić information content (AvgIpc) is 2.49. The van der Waals surface area contributed by atoms with Crippen LogP contribution in [0.4, 0.5) is 17.3 Å². The summed E-state index contributed by atoms with van der Waals surface area (Å²) in [5.74, 6) is 0.842. The molecular weight excluding hydrogens is 270 g/mol. The predicted octanol–water partition coefficient (Wildman–Crippen LogP) is 2.80. The molecule has 0 bridgehead atoms. The van der Waals surface area contributed by atoms with Gasteiger partial charge in [0.15, 0.2) is 0 Å². The molecule has 0 aliphatic carbocycles. The van der Waals surface area contributed by atoms with Crippen molar-refractivity contribution in [3.8, 4) is 6.07 Å². The minimum Gasteiger partial charge on any atom is -0.370 e. The minimum absolute atomic E-state index is 0.00154. The van der Waals surface area contributed by atoms with Crippen molar-refractivity contribution in [1.29, 1.82) is 5.26 Å². The molecule has 0 saturated carbocycles. The van der Waals surface area contributed by atoms with Crippen LogP contribution in [0.15, 0.2) is 12.1 Å². The molecule has 1 unspecified atom stereocenters. The Labute approximate surface area is 124 Å². The number of hydrogen-bond acceptors (Lipinski definition) is 6. The van der Waals surface area contributed by atoms with Crippen molar-refractivity contribution in [2.45, 2.75) is 27.2 Å². The molecular formula is C14H21N5O2. The molecule has 1 aromatic rings. The molecule has 0 aliphatic rings. The number of hydrogen-bond donors (Lipinski definition) is 1. The zero-order chi connectivity index (χ0) is 15.8. The van der Waals surface area contributed by atoms with E-state index in [-0.39, 0.29) is 11.6 Å². The van der Waals surface area contributed by atoms with Crippen LogP contribution in [0.5, 0.6) is 0 Å². The number of nitro groups is 1. The highest BCUT2D eigenvalue weighted by atomic mass is 16.6. The molecule has 21 heavy (non-hydrogen) atoms. The quantitative estimate of drug-likeness (QED) is 0.584.